The van der Waals surface area contributed by atoms with E-state index in [0.29, 0.717) is 24.7 Å². The number of hydrogen-bond acceptors (Lipinski definition) is 6. The second kappa shape index (κ2) is 10.1. The molecule has 3 aromatic rings. The first kappa shape index (κ1) is 23.6. The minimum atomic E-state index is -0.109. The van der Waals surface area contributed by atoms with Crippen LogP contribution >= 0.6 is 0 Å². The van der Waals surface area contributed by atoms with Crippen molar-refractivity contribution in [3.63, 3.8) is 0 Å². The van der Waals surface area contributed by atoms with Crippen molar-refractivity contribution in [2.45, 2.75) is 78.4 Å². The zero-order valence-electron chi connectivity index (χ0n) is 20.2. The van der Waals surface area contributed by atoms with E-state index in [0.717, 1.165) is 40.7 Å². The zero-order chi connectivity index (χ0) is 23.5. The van der Waals surface area contributed by atoms with Crippen LogP contribution in [0.5, 0.6) is 0 Å². The summed E-state index contributed by atoms with van der Waals surface area (Å²) in [7, 11) is 0. The average Bonchev–Trinajstić information content (AvgIpc) is 3.27. The van der Waals surface area contributed by atoms with Gasteiger partial charge in [0, 0.05) is 24.0 Å². The first-order valence-electron chi connectivity index (χ1n) is 12.2. The first-order chi connectivity index (χ1) is 15.9. The Morgan fingerprint density at radius 2 is 1.91 bits per heavy atom. The Morgan fingerprint density at radius 1 is 1.18 bits per heavy atom. The van der Waals surface area contributed by atoms with Crippen LogP contribution in [-0.2, 0) is 6.54 Å². The van der Waals surface area contributed by atoms with E-state index in [1.165, 1.54) is 19.3 Å². The van der Waals surface area contributed by atoms with Gasteiger partial charge in [-0.2, -0.15) is 0 Å². The summed E-state index contributed by atoms with van der Waals surface area (Å²) < 4.78 is 2.01. The number of aromatic amines is 1. The molecule has 0 radical (unpaired) electrons. The molecule has 0 amide bonds. The van der Waals surface area contributed by atoms with E-state index in [4.69, 9.17) is 0 Å². The Hall–Kier alpha value is -2.58. The summed E-state index contributed by atoms with van der Waals surface area (Å²) in [6.07, 6.45) is 5.84. The van der Waals surface area contributed by atoms with Gasteiger partial charge in [0.1, 0.15) is 0 Å². The van der Waals surface area contributed by atoms with E-state index in [1.54, 1.807) is 0 Å². The van der Waals surface area contributed by atoms with Crippen molar-refractivity contribution in [3.05, 3.63) is 51.1 Å². The van der Waals surface area contributed by atoms with Crippen molar-refractivity contribution in [1.29, 1.82) is 0 Å². The predicted octanol–water partition coefficient (Wildman–Crippen LogP) is 3.83. The second-order valence-electron chi connectivity index (χ2n) is 9.77. The number of fused-ring (bicyclic) bond motifs is 1. The zero-order valence-corrected chi connectivity index (χ0v) is 20.2. The van der Waals surface area contributed by atoms with Gasteiger partial charge in [0.25, 0.3) is 5.56 Å². The topological polar surface area (TPSA) is 99.9 Å². The molecule has 8 nitrogen and oxygen atoms in total. The molecular formula is C25H36N6O2. The Labute approximate surface area is 195 Å². The molecule has 2 aromatic heterocycles. The number of aliphatic hydroxyl groups excluding tert-OH is 1. The number of hydrogen-bond donors (Lipinski definition) is 2. The van der Waals surface area contributed by atoms with Crippen molar-refractivity contribution in [2.75, 3.05) is 13.2 Å². The van der Waals surface area contributed by atoms with Crippen LogP contribution in [0.3, 0.4) is 0 Å². The number of pyridine rings is 1. The van der Waals surface area contributed by atoms with Crippen LogP contribution < -0.4 is 5.56 Å². The monoisotopic (exact) mass is 452 g/mol. The Bertz CT molecular complexity index is 1150. The van der Waals surface area contributed by atoms with Gasteiger partial charge < -0.3 is 10.1 Å². The summed E-state index contributed by atoms with van der Waals surface area (Å²) in [4.78, 5) is 18.3. The van der Waals surface area contributed by atoms with Gasteiger partial charge in [-0.15, -0.1) is 5.10 Å². The van der Waals surface area contributed by atoms with Gasteiger partial charge >= 0.3 is 0 Å². The van der Waals surface area contributed by atoms with Crippen molar-refractivity contribution in [2.24, 2.45) is 5.92 Å². The van der Waals surface area contributed by atoms with Crippen molar-refractivity contribution >= 4 is 10.9 Å². The van der Waals surface area contributed by atoms with E-state index in [1.807, 2.05) is 23.7 Å². The lowest BCUT2D eigenvalue weighted by atomic mass is 9.94. The van der Waals surface area contributed by atoms with Crippen LogP contribution in [0.2, 0.25) is 0 Å². The fraction of sp³-hybridized carbons (Fsp3) is 0.600. The van der Waals surface area contributed by atoms with Gasteiger partial charge in [0.2, 0.25) is 0 Å². The molecule has 1 atom stereocenters. The maximum atomic E-state index is 13.0. The number of aromatic nitrogens is 5. The Morgan fingerprint density at radius 3 is 2.61 bits per heavy atom. The lowest BCUT2D eigenvalue weighted by molar-refractivity contribution is 0.103. The van der Waals surface area contributed by atoms with E-state index < -0.39 is 0 Å². The number of H-pyrrole nitrogens is 1. The molecule has 0 bridgehead atoms. The molecule has 4 rings (SSSR count). The average molecular weight is 453 g/mol. The van der Waals surface area contributed by atoms with E-state index >= 15 is 0 Å². The highest BCUT2D eigenvalue weighted by atomic mass is 16.3. The van der Waals surface area contributed by atoms with E-state index in [2.05, 4.69) is 52.2 Å². The third-order valence-corrected chi connectivity index (χ3v) is 7.01. The molecule has 1 aliphatic rings. The summed E-state index contributed by atoms with van der Waals surface area (Å²) in [5.74, 6) is 1.03. The smallest absolute Gasteiger partial charge is 0.252 e. The second-order valence-corrected chi connectivity index (χ2v) is 9.77. The summed E-state index contributed by atoms with van der Waals surface area (Å²) in [6.45, 7) is 9.21. The third kappa shape index (κ3) is 4.87. The van der Waals surface area contributed by atoms with Crippen LogP contribution in [0.25, 0.3) is 10.9 Å². The molecule has 2 heterocycles. The molecule has 0 aliphatic heterocycles. The van der Waals surface area contributed by atoms with E-state index in [-0.39, 0.29) is 24.1 Å². The van der Waals surface area contributed by atoms with E-state index in [9.17, 15) is 9.90 Å². The Kier molecular flexibility index (Phi) is 7.24. The summed E-state index contributed by atoms with van der Waals surface area (Å²) >= 11 is 0. The van der Waals surface area contributed by atoms with Crippen molar-refractivity contribution < 1.29 is 5.11 Å². The molecule has 1 saturated carbocycles. The minimum absolute atomic E-state index is 0.00215. The summed E-state index contributed by atoms with van der Waals surface area (Å²) in [6, 6.07) is 6.33. The molecule has 2 N–H and O–H groups in total. The van der Waals surface area contributed by atoms with Crippen LogP contribution in [0.4, 0.5) is 0 Å². The lowest BCUT2D eigenvalue weighted by Crippen LogP contribution is -2.38. The fourth-order valence-corrected chi connectivity index (χ4v) is 5.26. The predicted molar refractivity (Wildman–Crippen MR) is 129 cm³/mol. The number of rotatable bonds is 8. The number of benzene rings is 1. The molecule has 1 fully saturated rings. The van der Waals surface area contributed by atoms with Crippen LogP contribution in [0.15, 0.2) is 23.0 Å². The van der Waals surface area contributed by atoms with Gasteiger partial charge in [-0.05, 0) is 60.2 Å². The standard InChI is InChI=1S/C25H36N6O2/c1-16(2)23(24-27-28-29-31(24)20-8-6-5-7-9-20)30(12-13-32)15-19-14-21-17(3)10-11-18(4)22(21)26-25(19)33/h10-11,14,16,20,23,32H,5-9,12-13,15H2,1-4H3,(H,26,33)/t23-/m1/s1. The summed E-state index contributed by atoms with van der Waals surface area (Å²) in [5.41, 5.74) is 3.67. The first-order valence-corrected chi connectivity index (χ1v) is 12.2. The SMILES string of the molecule is Cc1ccc(C)c2[nH]c(=O)c(CN(CCO)[C@@H](c3nnnn3C3CCCCC3)C(C)C)cc12. The number of nitrogens with zero attached hydrogens (tertiary/aromatic N) is 5. The molecule has 0 spiro atoms. The molecule has 1 aliphatic carbocycles. The maximum absolute atomic E-state index is 13.0. The van der Waals surface area contributed by atoms with Crippen molar-refractivity contribution in [3.8, 4) is 0 Å². The lowest BCUT2D eigenvalue weighted by Gasteiger charge is -2.34. The number of aryl methyl sites for hydroxylation is 2. The van der Waals surface area contributed by atoms with Gasteiger partial charge in [0.15, 0.2) is 5.82 Å². The van der Waals surface area contributed by atoms with Gasteiger partial charge in [-0.1, -0.05) is 45.2 Å². The molecule has 0 unspecified atom stereocenters. The quantitative estimate of drug-likeness (QED) is 0.539. The highest BCUT2D eigenvalue weighted by Gasteiger charge is 2.32. The number of nitrogens with one attached hydrogen (secondary N) is 1. The van der Waals surface area contributed by atoms with Crippen LogP contribution in [0.1, 0.15) is 80.6 Å². The normalized spacial score (nSPS) is 16.2. The van der Waals surface area contributed by atoms with Gasteiger partial charge in [-0.3, -0.25) is 9.69 Å². The molecule has 0 saturated heterocycles. The molecular weight excluding hydrogens is 416 g/mol. The fourth-order valence-electron chi connectivity index (χ4n) is 5.26. The highest BCUT2D eigenvalue weighted by molar-refractivity contribution is 5.85. The highest BCUT2D eigenvalue weighted by Crippen LogP contribution is 2.34. The van der Waals surface area contributed by atoms with Gasteiger partial charge in [0.05, 0.1) is 24.2 Å². The summed E-state index contributed by atoms with van der Waals surface area (Å²) in [5, 5.41) is 23.8. The Balaban J connectivity index is 1.72. The third-order valence-electron chi connectivity index (χ3n) is 7.01. The number of tetrazole rings is 1. The van der Waals surface area contributed by atoms with Gasteiger partial charge in [-0.25, -0.2) is 4.68 Å². The minimum Gasteiger partial charge on any atom is -0.395 e. The molecule has 178 valence electrons. The van der Waals surface area contributed by atoms with Crippen LogP contribution in [-0.4, -0.2) is 48.3 Å². The maximum Gasteiger partial charge on any atom is 0.252 e. The van der Waals surface area contributed by atoms with Crippen LogP contribution in [0, 0.1) is 19.8 Å². The number of aliphatic hydroxyl groups is 1. The largest absolute Gasteiger partial charge is 0.395 e. The molecule has 8 heteroatoms. The molecule has 33 heavy (non-hydrogen) atoms. The molecule has 1 aromatic carbocycles. The van der Waals surface area contributed by atoms with Crippen molar-refractivity contribution in [1.82, 2.24) is 30.1 Å².